The second-order valence-corrected chi connectivity index (χ2v) is 6.68. The molecule has 1 amide bonds. The normalized spacial score (nSPS) is 11.9. The van der Waals surface area contributed by atoms with Gasteiger partial charge in [0.1, 0.15) is 11.8 Å². The number of benzene rings is 2. The maximum atomic E-state index is 12.7. The van der Waals surface area contributed by atoms with E-state index >= 15 is 0 Å². The lowest BCUT2D eigenvalue weighted by molar-refractivity contribution is -0.119. The first-order chi connectivity index (χ1) is 14.0. The van der Waals surface area contributed by atoms with E-state index in [2.05, 4.69) is 15.4 Å². The molecule has 7 nitrogen and oxygen atoms in total. The predicted octanol–water partition coefficient (Wildman–Crippen LogP) is 3.60. The molecular formula is C22H20N4O3. The number of nitrogens with one attached hydrogen (secondary N) is 2. The van der Waals surface area contributed by atoms with Crippen molar-refractivity contribution < 1.29 is 9.53 Å². The van der Waals surface area contributed by atoms with Crippen molar-refractivity contribution >= 4 is 22.5 Å². The molecule has 0 aliphatic heterocycles. The van der Waals surface area contributed by atoms with Crippen LogP contribution in [0.15, 0.2) is 71.7 Å². The molecule has 1 atom stereocenters. The third kappa shape index (κ3) is 3.75. The van der Waals surface area contributed by atoms with Gasteiger partial charge in [-0.15, -0.1) is 0 Å². The van der Waals surface area contributed by atoms with Crippen LogP contribution in [0.5, 0.6) is 5.75 Å². The molecule has 0 radical (unpaired) electrons. The predicted molar refractivity (Wildman–Crippen MR) is 112 cm³/mol. The number of carbonyl (C=O) groups is 1. The number of fused-ring (bicyclic) bond motifs is 1. The van der Waals surface area contributed by atoms with Gasteiger partial charge in [0.05, 0.1) is 12.8 Å². The molecule has 0 spiro atoms. The van der Waals surface area contributed by atoms with Gasteiger partial charge in [0, 0.05) is 29.0 Å². The fourth-order valence-electron chi connectivity index (χ4n) is 3.12. The number of aromatic amines is 1. The number of hydrogen-bond acceptors (Lipinski definition) is 4. The van der Waals surface area contributed by atoms with Crippen LogP contribution in [-0.2, 0) is 4.79 Å². The van der Waals surface area contributed by atoms with Gasteiger partial charge < -0.3 is 15.0 Å². The zero-order chi connectivity index (χ0) is 20.4. The molecule has 0 saturated carbocycles. The van der Waals surface area contributed by atoms with Gasteiger partial charge in [0.25, 0.3) is 5.56 Å². The number of aromatic nitrogens is 3. The van der Waals surface area contributed by atoms with Gasteiger partial charge in [-0.3, -0.25) is 9.59 Å². The van der Waals surface area contributed by atoms with E-state index in [1.165, 1.54) is 10.7 Å². The molecule has 0 saturated heterocycles. The first kappa shape index (κ1) is 18.5. The summed E-state index contributed by atoms with van der Waals surface area (Å²) in [6.07, 6.45) is 1.84. The molecule has 2 N–H and O–H groups in total. The molecule has 2 aromatic carbocycles. The molecule has 0 aliphatic carbocycles. The summed E-state index contributed by atoms with van der Waals surface area (Å²) in [4.78, 5) is 28.2. The van der Waals surface area contributed by atoms with E-state index in [1.807, 2.05) is 54.7 Å². The van der Waals surface area contributed by atoms with Gasteiger partial charge in [-0.05, 0) is 48.7 Å². The van der Waals surface area contributed by atoms with E-state index in [-0.39, 0.29) is 11.5 Å². The van der Waals surface area contributed by atoms with Gasteiger partial charge in [0.15, 0.2) is 0 Å². The lowest BCUT2D eigenvalue weighted by Gasteiger charge is -2.15. The van der Waals surface area contributed by atoms with E-state index in [1.54, 1.807) is 20.1 Å². The van der Waals surface area contributed by atoms with Crippen molar-refractivity contribution in [1.29, 1.82) is 0 Å². The van der Waals surface area contributed by atoms with E-state index in [4.69, 9.17) is 4.74 Å². The number of ether oxygens (including phenoxy) is 1. The SMILES string of the molecule is COc1cccc(-c2ccc(=O)n(C(C)C(=O)Nc3ccc4cc[nH]c4c3)n2)c1. The Kier molecular flexibility index (Phi) is 4.87. The summed E-state index contributed by atoms with van der Waals surface area (Å²) < 4.78 is 6.44. The summed E-state index contributed by atoms with van der Waals surface area (Å²) in [5.74, 6) is 0.362. The van der Waals surface area contributed by atoms with Crippen molar-refractivity contribution in [3.05, 3.63) is 77.2 Å². The molecule has 2 aromatic heterocycles. The van der Waals surface area contributed by atoms with Crippen molar-refractivity contribution in [3.63, 3.8) is 0 Å². The fourth-order valence-corrected chi connectivity index (χ4v) is 3.12. The Morgan fingerprint density at radius 3 is 2.83 bits per heavy atom. The molecule has 4 rings (SSSR count). The number of nitrogens with zero attached hydrogens (tertiary/aromatic N) is 2. The number of amides is 1. The maximum absolute atomic E-state index is 12.7. The fraction of sp³-hybridized carbons (Fsp3) is 0.136. The highest BCUT2D eigenvalue weighted by Gasteiger charge is 2.18. The second kappa shape index (κ2) is 7.63. The average molecular weight is 388 g/mol. The highest BCUT2D eigenvalue weighted by atomic mass is 16.5. The summed E-state index contributed by atoms with van der Waals surface area (Å²) in [5.41, 5.74) is 2.59. The molecule has 1 unspecified atom stereocenters. The number of carbonyl (C=O) groups excluding carboxylic acids is 1. The summed E-state index contributed by atoms with van der Waals surface area (Å²) in [7, 11) is 1.59. The first-order valence-corrected chi connectivity index (χ1v) is 9.17. The summed E-state index contributed by atoms with van der Waals surface area (Å²) >= 11 is 0. The zero-order valence-electron chi connectivity index (χ0n) is 16.0. The van der Waals surface area contributed by atoms with Crippen LogP contribution in [0, 0.1) is 0 Å². The Bertz CT molecular complexity index is 1240. The second-order valence-electron chi connectivity index (χ2n) is 6.68. The van der Waals surface area contributed by atoms with Crippen LogP contribution in [0.3, 0.4) is 0 Å². The molecule has 146 valence electrons. The molecule has 2 heterocycles. The van der Waals surface area contributed by atoms with Crippen molar-refractivity contribution in [2.75, 3.05) is 12.4 Å². The first-order valence-electron chi connectivity index (χ1n) is 9.17. The Hall–Kier alpha value is -3.87. The van der Waals surface area contributed by atoms with Crippen molar-refractivity contribution in [1.82, 2.24) is 14.8 Å². The summed E-state index contributed by atoms with van der Waals surface area (Å²) in [6, 6.07) is 17.2. The average Bonchev–Trinajstić information content (AvgIpc) is 3.21. The quantitative estimate of drug-likeness (QED) is 0.547. The molecule has 29 heavy (non-hydrogen) atoms. The number of H-pyrrole nitrogens is 1. The smallest absolute Gasteiger partial charge is 0.267 e. The van der Waals surface area contributed by atoms with Crippen LogP contribution in [0.25, 0.3) is 22.2 Å². The van der Waals surface area contributed by atoms with Crippen molar-refractivity contribution in [2.45, 2.75) is 13.0 Å². The molecule has 0 aliphatic rings. The Morgan fingerprint density at radius 2 is 2.00 bits per heavy atom. The lowest BCUT2D eigenvalue weighted by atomic mass is 10.1. The molecule has 7 heteroatoms. The Balaban J connectivity index is 1.60. The largest absolute Gasteiger partial charge is 0.497 e. The lowest BCUT2D eigenvalue weighted by Crippen LogP contribution is -2.33. The summed E-state index contributed by atoms with van der Waals surface area (Å²) in [5, 5.41) is 8.31. The van der Waals surface area contributed by atoms with E-state index in [0.29, 0.717) is 17.1 Å². The number of methoxy groups -OCH3 is 1. The van der Waals surface area contributed by atoms with Crippen LogP contribution in [0.2, 0.25) is 0 Å². The zero-order valence-corrected chi connectivity index (χ0v) is 16.0. The number of hydrogen-bond donors (Lipinski definition) is 2. The Morgan fingerprint density at radius 1 is 1.14 bits per heavy atom. The molecule has 0 fully saturated rings. The minimum absolute atomic E-state index is 0.326. The third-order valence-electron chi connectivity index (χ3n) is 4.76. The molecule has 4 aromatic rings. The van der Waals surface area contributed by atoms with E-state index in [0.717, 1.165) is 16.5 Å². The van der Waals surface area contributed by atoms with Gasteiger partial charge in [-0.1, -0.05) is 18.2 Å². The number of rotatable bonds is 5. The highest BCUT2D eigenvalue weighted by molar-refractivity contribution is 5.95. The van der Waals surface area contributed by atoms with Gasteiger partial charge in [-0.2, -0.15) is 5.10 Å². The molecule has 0 bridgehead atoms. The van der Waals surface area contributed by atoms with Crippen LogP contribution in [-0.4, -0.2) is 27.8 Å². The third-order valence-corrected chi connectivity index (χ3v) is 4.76. The van der Waals surface area contributed by atoms with Gasteiger partial charge >= 0.3 is 0 Å². The minimum Gasteiger partial charge on any atom is -0.497 e. The Labute approximate surface area is 167 Å². The highest BCUT2D eigenvalue weighted by Crippen LogP contribution is 2.22. The standard InChI is InChI=1S/C22H20N4O3/c1-14(22(28)24-17-7-6-15-10-11-23-20(15)13-17)26-21(27)9-8-19(25-26)16-4-3-5-18(12-16)29-2/h3-14,23H,1-2H3,(H,24,28). The molecular weight excluding hydrogens is 368 g/mol. The van der Waals surface area contributed by atoms with Crippen molar-refractivity contribution in [2.24, 2.45) is 0 Å². The minimum atomic E-state index is -0.785. The van der Waals surface area contributed by atoms with E-state index in [9.17, 15) is 9.59 Å². The monoisotopic (exact) mass is 388 g/mol. The van der Waals surface area contributed by atoms with Crippen LogP contribution in [0.4, 0.5) is 5.69 Å². The van der Waals surface area contributed by atoms with Crippen LogP contribution in [0.1, 0.15) is 13.0 Å². The summed E-state index contributed by atoms with van der Waals surface area (Å²) in [6.45, 7) is 1.65. The maximum Gasteiger partial charge on any atom is 0.267 e. The van der Waals surface area contributed by atoms with Crippen LogP contribution < -0.4 is 15.6 Å². The van der Waals surface area contributed by atoms with Crippen LogP contribution >= 0.6 is 0 Å². The van der Waals surface area contributed by atoms with E-state index < -0.39 is 6.04 Å². The van der Waals surface area contributed by atoms with Gasteiger partial charge in [-0.25, -0.2) is 4.68 Å². The number of anilines is 1. The van der Waals surface area contributed by atoms with Crippen molar-refractivity contribution in [3.8, 4) is 17.0 Å². The van der Waals surface area contributed by atoms with Gasteiger partial charge in [0.2, 0.25) is 5.91 Å². The topological polar surface area (TPSA) is 89.0 Å².